The Labute approximate surface area is 177 Å². The van der Waals surface area contributed by atoms with Crippen LogP contribution in [0.15, 0.2) is 52.0 Å². The van der Waals surface area contributed by atoms with E-state index in [1.165, 1.54) is 0 Å². The Morgan fingerprint density at radius 1 is 1.29 bits per heavy atom. The van der Waals surface area contributed by atoms with Gasteiger partial charge in [0.05, 0.1) is 17.3 Å². The molecule has 0 fully saturated rings. The van der Waals surface area contributed by atoms with E-state index in [4.69, 9.17) is 27.4 Å². The average molecular weight is 465 g/mol. The largest absolute Gasteiger partial charge is 0.490 e. The molecular weight excluding hydrogens is 444 g/mol. The van der Waals surface area contributed by atoms with Crippen LogP contribution in [-0.4, -0.2) is 30.4 Å². The molecule has 0 aliphatic heterocycles. The highest BCUT2D eigenvalue weighted by molar-refractivity contribution is 9.10. The van der Waals surface area contributed by atoms with Gasteiger partial charge >= 0.3 is 0 Å². The molecule has 0 aromatic heterocycles. The molecule has 1 amide bonds. The summed E-state index contributed by atoms with van der Waals surface area (Å²) >= 11 is 8.14. The molecule has 7 nitrogen and oxygen atoms in total. The van der Waals surface area contributed by atoms with E-state index in [9.17, 15) is 4.79 Å². The van der Waals surface area contributed by atoms with Crippen LogP contribution in [0.1, 0.15) is 18.1 Å². The van der Waals surface area contributed by atoms with Gasteiger partial charge in [-0.15, -0.1) is 0 Å². The van der Waals surface area contributed by atoms with Gasteiger partial charge in [-0.05, 0) is 58.3 Å². The first kappa shape index (κ1) is 21.6. The zero-order chi connectivity index (χ0) is 20.4. The van der Waals surface area contributed by atoms with Crippen LogP contribution in [0.5, 0.6) is 11.5 Å². The minimum Gasteiger partial charge on any atom is -0.490 e. The molecule has 0 bridgehead atoms. The molecule has 0 saturated heterocycles. The summed E-state index contributed by atoms with van der Waals surface area (Å²) in [5, 5.41) is 6.81. The first-order chi connectivity index (χ1) is 13.5. The molecule has 2 aromatic carbocycles. The molecule has 0 atom stereocenters. The molecule has 0 radical (unpaired) electrons. The second kappa shape index (κ2) is 11.3. The van der Waals surface area contributed by atoms with Crippen LogP contribution in [0.25, 0.3) is 0 Å². The topological polar surface area (TPSA) is 98.0 Å². The van der Waals surface area contributed by atoms with E-state index < -0.39 is 0 Å². The summed E-state index contributed by atoms with van der Waals surface area (Å²) in [5.74, 6) is 0.699. The minimum absolute atomic E-state index is 0.0711. The van der Waals surface area contributed by atoms with Crippen molar-refractivity contribution in [2.45, 2.75) is 13.5 Å². The van der Waals surface area contributed by atoms with Crippen LogP contribution < -0.4 is 25.9 Å². The molecular formula is C19H21BrN4O3S. The maximum Gasteiger partial charge on any atom is 0.258 e. The van der Waals surface area contributed by atoms with E-state index in [2.05, 4.69) is 31.8 Å². The number of hydrogen-bond donors (Lipinski definition) is 3. The van der Waals surface area contributed by atoms with Crippen LogP contribution in [0.3, 0.4) is 0 Å². The maximum absolute atomic E-state index is 12.1. The molecule has 2 rings (SSSR count). The van der Waals surface area contributed by atoms with E-state index in [1.807, 2.05) is 37.3 Å². The Bertz CT molecular complexity index is 847. The predicted octanol–water partition coefficient (Wildman–Crippen LogP) is 2.71. The van der Waals surface area contributed by atoms with E-state index in [1.54, 1.807) is 18.3 Å². The van der Waals surface area contributed by atoms with Crippen LogP contribution in [0.4, 0.5) is 0 Å². The lowest BCUT2D eigenvalue weighted by molar-refractivity contribution is -0.123. The smallest absolute Gasteiger partial charge is 0.258 e. The molecule has 4 N–H and O–H groups in total. The zero-order valence-electron chi connectivity index (χ0n) is 15.3. The highest BCUT2D eigenvalue weighted by Gasteiger charge is 2.13. The second-order valence-electron chi connectivity index (χ2n) is 5.55. The number of rotatable bonds is 9. The second-order valence-corrected chi connectivity index (χ2v) is 6.84. The van der Waals surface area contributed by atoms with E-state index >= 15 is 0 Å². The fraction of sp³-hybridized carbons (Fsp3) is 0.211. The summed E-state index contributed by atoms with van der Waals surface area (Å²) in [6.07, 6.45) is 1.54. The first-order valence-corrected chi connectivity index (χ1v) is 9.68. The van der Waals surface area contributed by atoms with Gasteiger partial charge in [-0.1, -0.05) is 30.3 Å². The van der Waals surface area contributed by atoms with Gasteiger partial charge in [0.25, 0.3) is 5.91 Å². The summed E-state index contributed by atoms with van der Waals surface area (Å²) in [6, 6.07) is 13.2. The molecule has 0 aliphatic carbocycles. The molecule has 0 spiro atoms. The van der Waals surface area contributed by atoms with Crippen molar-refractivity contribution in [2.75, 3.05) is 13.2 Å². The lowest BCUT2D eigenvalue weighted by atomic mass is 10.2. The lowest BCUT2D eigenvalue weighted by Crippen LogP contribution is -2.28. The number of nitrogens with one attached hydrogen (secondary N) is 2. The fourth-order valence-electron chi connectivity index (χ4n) is 2.22. The monoisotopic (exact) mass is 464 g/mol. The standard InChI is InChI=1S/C19H21BrN4O3S/c1-2-26-16-9-14(11-23-24-19(21)28)8-15(20)18(16)27-12-17(25)22-10-13-6-4-3-5-7-13/h3-9,11H,2,10,12H2,1H3,(H,22,25)(H3,21,24,28). The zero-order valence-corrected chi connectivity index (χ0v) is 17.7. The summed E-state index contributed by atoms with van der Waals surface area (Å²) < 4.78 is 11.9. The summed E-state index contributed by atoms with van der Waals surface area (Å²) in [5.41, 5.74) is 9.57. The van der Waals surface area contributed by atoms with Crippen molar-refractivity contribution < 1.29 is 14.3 Å². The summed E-state index contributed by atoms with van der Waals surface area (Å²) in [7, 11) is 0. The summed E-state index contributed by atoms with van der Waals surface area (Å²) in [6.45, 7) is 2.60. The highest BCUT2D eigenvalue weighted by atomic mass is 79.9. The number of benzene rings is 2. The molecule has 0 saturated carbocycles. The fourth-order valence-corrected chi connectivity index (χ4v) is 2.85. The van der Waals surface area contributed by atoms with Crippen LogP contribution in [0, 0.1) is 0 Å². The Morgan fingerprint density at radius 3 is 2.71 bits per heavy atom. The van der Waals surface area contributed by atoms with Crippen molar-refractivity contribution in [1.82, 2.24) is 10.7 Å². The van der Waals surface area contributed by atoms with Gasteiger partial charge in [-0.25, -0.2) is 0 Å². The normalized spacial score (nSPS) is 10.5. The van der Waals surface area contributed by atoms with E-state index in [0.29, 0.717) is 29.1 Å². The number of amides is 1. The van der Waals surface area contributed by atoms with Gasteiger partial charge in [-0.2, -0.15) is 5.10 Å². The van der Waals surface area contributed by atoms with Crippen LogP contribution in [0.2, 0.25) is 0 Å². The van der Waals surface area contributed by atoms with Gasteiger partial charge in [0.2, 0.25) is 0 Å². The number of carbonyl (C=O) groups excluding carboxylic acids is 1. The number of thiocarbonyl (C=S) groups is 1. The molecule has 0 heterocycles. The molecule has 0 unspecified atom stereocenters. The molecule has 2 aromatic rings. The third-order valence-electron chi connectivity index (χ3n) is 3.40. The number of ether oxygens (including phenoxy) is 2. The van der Waals surface area contributed by atoms with Gasteiger partial charge in [0.1, 0.15) is 0 Å². The number of hydrogen-bond acceptors (Lipinski definition) is 5. The molecule has 28 heavy (non-hydrogen) atoms. The quantitative estimate of drug-likeness (QED) is 0.299. The number of carbonyl (C=O) groups is 1. The highest BCUT2D eigenvalue weighted by Crippen LogP contribution is 2.36. The number of hydrazone groups is 1. The Morgan fingerprint density at radius 2 is 2.04 bits per heavy atom. The van der Waals surface area contributed by atoms with Gasteiger partial charge in [-0.3, -0.25) is 10.2 Å². The molecule has 0 aliphatic rings. The first-order valence-electron chi connectivity index (χ1n) is 8.48. The Hall–Kier alpha value is -2.65. The number of nitrogens with zero attached hydrogens (tertiary/aromatic N) is 1. The van der Waals surface area contributed by atoms with Crippen molar-refractivity contribution in [3.8, 4) is 11.5 Å². The maximum atomic E-state index is 12.1. The van der Waals surface area contributed by atoms with Crippen molar-refractivity contribution in [2.24, 2.45) is 10.8 Å². The predicted molar refractivity (Wildman–Crippen MR) is 117 cm³/mol. The molecule has 9 heteroatoms. The third kappa shape index (κ3) is 7.16. The van der Waals surface area contributed by atoms with Crippen LogP contribution >= 0.6 is 28.1 Å². The van der Waals surface area contributed by atoms with Gasteiger partial charge < -0.3 is 20.5 Å². The minimum atomic E-state index is -0.232. The van der Waals surface area contributed by atoms with Crippen molar-refractivity contribution in [3.63, 3.8) is 0 Å². The average Bonchev–Trinajstić information content (AvgIpc) is 2.66. The summed E-state index contributed by atoms with van der Waals surface area (Å²) in [4.78, 5) is 12.1. The lowest BCUT2D eigenvalue weighted by Gasteiger charge is -2.14. The van der Waals surface area contributed by atoms with Crippen molar-refractivity contribution >= 4 is 45.4 Å². The van der Waals surface area contributed by atoms with Gasteiger partial charge in [0.15, 0.2) is 23.2 Å². The Balaban J connectivity index is 2.01. The SMILES string of the molecule is CCOc1cc(C=NNC(N)=S)cc(Br)c1OCC(=O)NCc1ccccc1. The Kier molecular flexibility index (Phi) is 8.70. The molecule has 148 valence electrons. The van der Waals surface area contributed by atoms with Crippen molar-refractivity contribution in [3.05, 3.63) is 58.1 Å². The van der Waals surface area contributed by atoms with Gasteiger partial charge in [0, 0.05) is 6.54 Å². The van der Waals surface area contributed by atoms with Crippen molar-refractivity contribution in [1.29, 1.82) is 0 Å². The number of nitrogens with two attached hydrogens (primary N) is 1. The number of halogens is 1. The van der Waals surface area contributed by atoms with Crippen LogP contribution in [-0.2, 0) is 11.3 Å². The van der Waals surface area contributed by atoms with E-state index in [-0.39, 0.29) is 17.6 Å². The third-order valence-corrected chi connectivity index (χ3v) is 4.08. The van der Waals surface area contributed by atoms with E-state index in [0.717, 1.165) is 11.1 Å².